The molecule has 2 N–H and O–H groups in total. The molecule has 3 unspecified atom stereocenters. The highest BCUT2D eigenvalue weighted by molar-refractivity contribution is 7.16. The van der Waals surface area contributed by atoms with E-state index >= 15 is 0 Å². The van der Waals surface area contributed by atoms with Crippen LogP contribution in [0.1, 0.15) is 30.4 Å². The Balaban J connectivity index is 1.10. The SMILES string of the molecule is CC(CNc1nc(Nc2ccc3ncsc3c2)nc(N2CC3CC2CN3C(=O)Cc2ccc(Cl)c(Cl)c2)n1)c1ccccc1. The Morgan fingerprint density at radius 1 is 0.977 bits per heavy atom. The van der Waals surface area contributed by atoms with Crippen molar-refractivity contribution in [2.24, 2.45) is 0 Å². The third kappa shape index (κ3) is 6.02. The molecular weight excluding hydrogens is 615 g/mol. The number of benzene rings is 3. The lowest BCUT2D eigenvalue weighted by Crippen LogP contribution is -2.49. The van der Waals surface area contributed by atoms with Gasteiger partial charge in [-0.1, -0.05) is 66.5 Å². The van der Waals surface area contributed by atoms with Gasteiger partial charge in [-0.05, 0) is 53.8 Å². The number of likely N-dealkylation sites (tertiary alicyclic amines) is 1. The molecule has 1 amide bonds. The molecule has 4 heterocycles. The summed E-state index contributed by atoms with van der Waals surface area (Å²) in [6.45, 7) is 4.13. The molecule has 224 valence electrons. The summed E-state index contributed by atoms with van der Waals surface area (Å²) in [5.41, 5.74) is 5.78. The van der Waals surface area contributed by atoms with Gasteiger partial charge in [0.1, 0.15) is 0 Å². The van der Waals surface area contributed by atoms with E-state index < -0.39 is 0 Å². The Labute approximate surface area is 269 Å². The van der Waals surface area contributed by atoms with Crippen LogP contribution in [0.2, 0.25) is 10.0 Å². The summed E-state index contributed by atoms with van der Waals surface area (Å²) in [6, 6.07) is 22.0. The minimum absolute atomic E-state index is 0.0873. The minimum atomic E-state index is 0.0873. The predicted molar refractivity (Wildman–Crippen MR) is 177 cm³/mol. The number of aromatic nitrogens is 4. The third-order valence-corrected chi connectivity index (χ3v) is 9.83. The molecule has 2 aliphatic heterocycles. The average molecular weight is 646 g/mol. The van der Waals surface area contributed by atoms with Crippen molar-refractivity contribution < 1.29 is 4.79 Å². The maximum Gasteiger partial charge on any atom is 0.233 e. The molecular formula is C32H30Cl2N8OS. The summed E-state index contributed by atoms with van der Waals surface area (Å²) < 4.78 is 1.08. The maximum atomic E-state index is 13.3. The van der Waals surface area contributed by atoms with Crippen molar-refractivity contribution in [3.63, 3.8) is 0 Å². The summed E-state index contributed by atoms with van der Waals surface area (Å²) in [5, 5.41) is 7.77. The standard InChI is InChI=1S/C32H30Cl2N8OS/c1-19(21-5-3-2-4-6-21)15-35-30-38-31(37-22-8-10-27-28(13-22)44-18-36-27)40-32(39-30)42-17-23-14-24(42)16-41(23)29(43)12-20-7-9-25(33)26(34)11-20/h2-11,13,18-19,23-24H,12,14-17H2,1H3,(H2,35,37,38,39,40). The molecule has 2 fully saturated rings. The van der Waals surface area contributed by atoms with E-state index in [1.165, 1.54) is 5.56 Å². The zero-order valence-corrected chi connectivity index (χ0v) is 26.3. The minimum Gasteiger partial charge on any atom is -0.353 e. The number of fused-ring (bicyclic) bond motifs is 3. The van der Waals surface area contributed by atoms with E-state index in [1.807, 2.05) is 34.7 Å². The number of hydrogen-bond donors (Lipinski definition) is 2. The Morgan fingerprint density at radius 3 is 2.61 bits per heavy atom. The molecule has 9 nitrogen and oxygen atoms in total. The normalized spacial score (nSPS) is 18.2. The van der Waals surface area contributed by atoms with Gasteiger partial charge in [0, 0.05) is 25.3 Å². The Kier molecular flexibility index (Phi) is 7.97. The van der Waals surface area contributed by atoms with Gasteiger partial charge in [-0.25, -0.2) is 4.98 Å². The van der Waals surface area contributed by atoms with Gasteiger partial charge in [0.05, 0.1) is 44.3 Å². The molecule has 12 heteroatoms. The fraction of sp³-hybridized carbons (Fsp3) is 0.281. The molecule has 2 bridgehead atoms. The second-order valence-corrected chi connectivity index (χ2v) is 13.0. The first-order chi connectivity index (χ1) is 21.4. The lowest BCUT2D eigenvalue weighted by molar-refractivity contribution is -0.131. The van der Waals surface area contributed by atoms with Crippen molar-refractivity contribution in [3.8, 4) is 0 Å². The van der Waals surface area contributed by atoms with Crippen LogP contribution < -0.4 is 15.5 Å². The fourth-order valence-corrected chi connectivity index (χ4v) is 7.01. The second kappa shape index (κ2) is 12.2. The molecule has 0 radical (unpaired) electrons. The van der Waals surface area contributed by atoms with E-state index in [-0.39, 0.29) is 30.3 Å². The lowest BCUT2D eigenvalue weighted by Gasteiger charge is -2.34. The number of nitrogens with zero attached hydrogens (tertiary/aromatic N) is 6. The summed E-state index contributed by atoms with van der Waals surface area (Å²) in [6.07, 6.45) is 1.16. The van der Waals surface area contributed by atoms with E-state index in [4.69, 9.17) is 38.2 Å². The number of anilines is 4. The molecule has 2 aromatic heterocycles. The molecule has 0 aliphatic carbocycles. The van der Waals surface area contributed by atoms with Crippen LogP contribution in [0.15, 0.2) is 72.2 Å². The first kappa shape index (κ1) is 28.8. The Hall–Kier alpha value is -3.99. The number of nitrogens with one attached hydrogen (secondary N) is 2. The molecule has 0 saturated carbocycles. The van der Waals surface area contributed by atoms with Crippen LogP contribution >= 0.6 is 34.5 Å². The molecule has 7 rings (SSSR count). The van der Waals surface area contributed by atoms with Gasteiger partial charge in [-0.15, -0.1) is 11.3 Å². The summed E-state index contributed by atoms with van der Waals surface area (Å²) in [4.78, 5) is 36.3. The second-order valence-electron chi connectivity index (χ2n) is 11.3. The topological polar surface area (TPSA) is 99.2 Å². The van der Waals surface area contributed by atoms with Gasteiger partial charge >= 0.3 is 0 Å². The number of amides is 1. The largest absolute Gasteiger partial charge is 0.353 e. The number of carbonyl (C=O) groups excluding carboxylic acids is 1. The van der Waals surface area contributed by atoms with Gasteiger partial charge in [-0.3, -0.25) is 4.79 Å². The van der Waals surface area contributed by atoms with Crippen molar-refractivity contribution in [1.29, 1.82) is 0 Å². The molecule has 5 aromatic rings. The van der Waals surface area contributed by atoms with Gasteiger partial charge in [0.2, 0.25) is 23.8 Å². The van der Waals surface area contributed by atoms with E-state index in [2.05, 4.69) is 57.8 Å². The number of thiazole rings is 1. The maximum absolute atomic E-state index is 13.3. The number of hydrogen-bond acceptors (Lipinski definition) is 9. The number of halogens is 2. The lowest BCUT2D eigenvalue weighted by atomic mass is 10.0. The van der Waals surface area contributed by atoms with Crippen LogP contribution in [0.4, 0.5) is 23.5 Å². The van der Waals surface area contributed by atoms with Crippen molar-refractivity contribution in [1.82, 2.24) is 24.8 Å². The van der Waals surface area contributed by atoms with Crippen LogP contribution in [0.25, 0.3) is 10.2 Å². The Morgan fingerprint density at radius 2 is 1.82 bits per heavy atom. The van der Waals surface area contributed by atoms with E-state index in [9.17, 15) is 4.79 Å². The fourth-order valence-electron chi connectivity index (χ4n) is 5.98. The Bertz CT molecular complexity index is 1820. The number of carbonyl (C=O) groups is 1. The predicted octanol–water partition coefficient (Wildman–Crippen LogP) is 6.78. The molecule has 44 heavy (non-hydrogen) atoms. The van der Waals surface area contributed by atoms with Gasteiger partial charge in [0.25, 0.3) is 0 Å². The quantitative estimate of drug-likeness (QED) is 0.181. The third-order valence-electron chi connectivity index (χ3n) is 8.30. The first-order valence-electron chi connectivity index (χ1n) is 14.5. The van der Waals surface area contributed by atoms with E-state index in [0.717, 1.165) is 27.9 Å². The summed E-state index contributed by atoms with van der Waals surface area (Å²) in [5.74, 6) is 1.92. The highest BCUT2D eigenvalue weighted by Crippen LogP contribution is 2.35. The summed E-state index contributed by atoms with van der Waals surface area (Å²) >= 11 is 13.8. The zero-order valence-electron chi connectivity index (χ0n) is 24.0. The van der Waals surface area contributed by atoms with E-state index in [0.29, 0.717) is 47.5 Å². The number of rotatable bonds is 9. The molecule has 2 aliphatic rings. The molecule has 3 atom stereocenters. The van der Waals surface area contributed by atoms with Gasteiger partial charge in [-0.2, -0.15) is 15.0 Å². The smallest absolute Gasteiger partial charge is 0.233 e. The zero-order chi connectivity index (χ0) is 30.2. The van der Waals surface area contributed by atoms with Gasteiger partial charge < -0.3 is 20.4 Å². The van der Waals surface area contributed by atoms with Gasteiger partial charge in [0.15, 0.2) is 0 Å². The highest BCUT2D eigenvalue weighted by Gasteiger charge is 2.46. The van der Waals surface area contributed by atoms with E-state index in [1.54, 1.807) is 23.5 Å². The van der Waals surface area contributed by atoms with Crippen LogP contribution in [-0.4, -0.2) is 62.5 Å². The average Bonchev–Trinajstić information content (AvgIpc) is 3.78. The first-order valence-corrected chi connectivity index (χ1v) is 16.2. The monoisotopic (exact) mass is 644 g/mol. The van der Waals surface area contributed by atoms with Crippen molar-refractivity contribution in [3.05, 3.63) is 93.4 Å². The molecule has 0 spiro atoms. The molecule has 2 saturated heterocycles. The highest BCUT2D eigenvalue weighted by atomic mass is 35.5. The van der Waals surface area contributed by atoms with Crippen LogP contribution in [-0.2, 0) is 11.2 Å². The van der Waals surface area contributed by atoms with Crippen molar-refractivity contribution in [2.75, 3.05) is 35.2 Å². The van der Waals surface area contributed by atoms with Crippen LogP contribution in [0, 0.1) is 0 Å². The molecule has 3 aromatic carbocycles. The van der Waals surface area contributed by atoms with Crippen molar-refractivity contribution in [2.45, 2.75) is 37.8 Å². The van der Waals surface area contributed by atoms with Crippen LogP contribution in [0.3, 0.4) is 0 Å². The number of piperazine rings is 1. The van der Waals surface area contributed by atoms with Crippen molar-refractivity contribution >= 4 is 74.2 Å². The summed E-state index contributed by atoms with van der Waals surface area (Å²) in [7, 11) is 0. The van der Waals surface area contributed by atoms with Crippen LogP contribution in [0.5, 0.6) is 0 Å².